The van der Waals surface area contributed by atoms with Gasteiger partial charge in [-0.2, -0.15) is 4.98 Å². The number of hydrogen-bond donors (Lipinski definition) is 3. The van der Waals surface area contributed by atoms with E-state index in [0.717, 1.165) is 47.8 Å². The number of anilines is 2. The Morgan fingerprint density at radius 3 is 2.62 bits per heavy atom. The van der Waals surface area contributed by atoms with E-state index >= 15 is 0 Å². The van der Waals surface area contributed by atoms with E-state index in [9.17, 15) is 0 Å². The van der Waals surface area contributed by atoms with Crippen LogP contribution in [0.3, 0.4) is 0 Å². The minimum Gasteiger partial charge on any atom is -0.496 e. The maximum atomic E-state index is 5.99. The third kappa shape index (κ3) is 4.69. The number of methoxy groups -OCH3 is 1. The fraction of sp³-hybridized carbons (Fsp3) is 0.308. The molecule has 34 heavy (non-hydrogen) atoms. The van der Waals surface area contributed by atoms with Crippen LogP contribution >= 0.6 is 0 Å². The van der Waals surface area contributed by atoms with Crippen LogP contribution < -0.4 is 21.1 Å². The van der Waals surface area contributed by atoms with E-state index in [1.165, 1.54) is 11.1 Å². The van der Waals surface area contributed by atoms with Gasteiger partial charge >= 0.3 is 0 Å². The molecule has 1 aliphatic heterocycles. The summed E-state index contributed by atoms with van der Waals surface area (Å²) in [6.45, 7) is 4.39. The van der Waals surface area contributed by atoms with Gasteiger partial charge in [-0.1, -0.05) is 42.5 Å². The lowest BCUT2D eigenvalue weighted by atomic mass is 10.1. The van der Waals surface area contributed by atoms with Crippen LogP contribution in [0, 0.1) is 0 Å². The number of rotatable bonds is 9. The number of likely N-dealkylation sites (N-methyl/N-ethyl adjacent to an activating group) is 1. The van der Waals surface area contributed by atoms with Gasteiger partial charge in [-0.15, -0.1) is 0 Å². The predicted molar refractivity (Wildman–Crippen MR) is 136 cm³/mol. The number of likely N-dealkylation sites (tertiary alicyclic amines) is 1. The highest BCUT2D eigenvalue weighted by Gasteiger charge is 2.25. The van der Waals surface area contributed by atoms with Gasteiger partial charge in [0.1, 0.15) is 11.3 Å². The Hall–Kier alpha value is -3.62. The highest BCUT2D eigenvalue weighted by molar-refractivity contribution is 5.87. The molecule has 1 aliphatic rings. The molecule has 2 aromatic heterocycles. The van der Waals surface area contributed by atoms with Crippen molar-refractivity contribution in [3.8, 4) is 5.75 Å². The largest absolute Gasteiger partial charge is 0.496 e. The molecule has 0 atom stereocenters. The second-order valence-electron chi connectivity index (χ2n) is 8.77. The van der Waals surface area contributed by atoms with Gasteiger partial charge in [-0.25, -0.2) is 4.98 Å². The number of nitrogens with zero attached hydrogens (tertiary/aromatic N) is 4. The lowest BCUT2D eigenvalue weighted by molar-refractivity contribution is 0.124. The number of benzene rings is 2. The van der Waals surface area contributed by atoms with E-state index in [1.807, 2.05) is 37.5 Å². The van der Waals surface area contributed by atoms with Crippen molar-refractivity contribution in [2.75, 3.05) is 38.3 Å². The van der Waals surface area contributed by atoms with Crippen LogP contribution in [0.1, 0.15) is 16.7 Å². The van der Waals surface area contributed by atoms with E-state index in [1.54, 1.807) is 7.11 Å². The van der Waals surface area contributed by atoms with E-state index in [-0.39, 0.29) is 5.95 Å². The first-order chi connectivity index (χ1) is 16.6. The Bertz CT molecular complexity index is 1270. The zero-order valence-corrected chi connectivity index (χ0v) is 19.7. The number of aromatic nitrogens is 3. The van der Waals surface area contributed by atoms with Crippen LogP contribution in [-0.2, 0) is 19.6 Å². The van der Waals surface area contributed by atoms with Crippen molar-refractivity contribution in [2.45, 2.75) is 25.7 Å². The monoisotopic (exact) mass is 457 g/mol. The second-order valence-corrected chi connectivity index (χ2v) is 8.77. The first-order valence-corrected chi connectivity index (χ1v) is 11.6. The molecule has 4 aromatic rings. The van der Waals surface area contributed by atoms with E-state index < -0.39 is 0 Å². The molecule has 0 amide bonds. The fourth-order valence-corrected chi connectivity index (χ4v) is 4.50. The summed E-state index contributed by atoms with van der Waals surface area (Å²) in [7, 11) is 3.75. The summed E-state index contributed by atoms with van der Waals surface area (Å²) in [5, 5.41) is 6.77. The van der Waals surface area contributed by atoms with Gasteiger partial charge in [-0.3, -0.25) is 4.90 Å². The van der Waals surface area contributed by atoms with Crippen molar-refractivity contribution in [2.24, 2.45) is 0 Å². The zero-order chi connectivity index (χ0) is 23.5. The highest BCUT2D eigenvalue weighted by atomic mass is 16.5. The standard InChI is InChI=1S/C26H31N7O/c1-28-21-16-32(17-21)14-19-8-9-20(23(12-19)34-2)15-33-11-10-22-24(33)25(31-26(27)30-22)29-13-18-6-4-3-5-7-18/h3-12,21,28H,13-17H2,1-2H3,(H3,27,29,30,31). The van der Waals surface area contributed by atoms with Crippen LogP contribution in [-0.4, -0.2) is 52.7 Å². The Labute approximate surface area is 199 Å². The van der Waals surface area contributed by atoms with E-state index in [0.29, 0.717) is 19.1 Å². The number of ether oxygens (including phenoxy) is 1. The van der Waals surface area contributed by atoms with Crippen molar-refractivity contribution >= 4 is 22.8 Å². The molecule has 0 unspecified atom stereocenters. The lowest BCUT2D eigenvalue weighted by Crippen LogP contribution is -2.56. The number of fused-ring (bicyclic) bond motifs is 1. The maximum absolute atomic E-state index is 5.99. The molecule has 0 aliphatic carbocycles. The molecule has 5 rings (SSSR count). The summed E-state index contributed by atoms with van der Waals surface area (Å²) >= 11 is 0. The second kappa shape index (κ2) is 9.70. The van der Waals surface area contributed by atoms with Crippen molar-refractivity contribution in [1.29, 1.82) is 0 Å². The van der Waals surface area contributed by atoms with Gasteiger partial charge in [0.05, 0.1) is 19.2 Å². The quantitative estimate of drug-likeness (QED) is 0.356. The topological polar surface area (TPSA) is 93.3 Å². The summed E-state index contributed by atoms with van der Waals surface area (Å²) in [5.41, 5.74) is 11.3. The summed E-state index contributed by atoms with van der Waals surface area (Å²) in [4.78, 5) is 11.4. The average Bonchev–Trinajstić information content (AvgIpc) is 3.23. The zero-order valence-electron chi connectivity index (χ0n) is 19.7. The predicted octanol–water partition coefficient (Wildman–Crippen LogP) is 3.09. The van der Waals surface area contributed by atoms with Gasteiger partial charge in [0.2, 0.25) is 5.95 Å². The minimum absolute atomic E-state index is 0.259. The molecular weight excluding hydrogens is 426 g/mol. The first kappa shape index (κ1) is 22.2. The number of nitrogens with two attached hydrogens (primary N) is 1. The average molecular weight is 458 g/mol. The summed E-state index contributed by atoms with van der Waals surface area (Å²) < 4.78 is 7.91. The first-order valence-electron chi connectivity index (χ1n) is 11.6. The molecule has 0 spiro atoms. The smallest absolute Gasteiger partial charge is 0.222 e. The molecule has 8 nitrogen and oxygen atoms in total. The van der Waals surface area contributed by atoms with Crippen molar-refractivity contribution in [3.63, 3.8) is 0 Å². The molecule has 0 saturated carbocycles. The number of nitrogens with one attached hydrogen (secondary N) is 2. The van der Waals surface area contributed by atoms with Gasteiger partial charge in [0.25, 0.3) is 0 Å². The highest BCUT2D eigenvalue weighted by Crippen LogP contribution is 2.28. The van der Waals surface area contributed by atoms with E-state index in [2.05, 4.69) is 60.4 Å². The van der Waals surface area contributed by atoms with E-state index in [4.69, 9.17) is 10.5 Å². The van der Waals surface area contributed by atoms with Crippen molar-refractivity contribution < 1.29 is 4.74 Å². The molecule has 1 fully saturated rings. The van der Waals surface area contributed by atoms with Gasteiger partial charge < -0.3 is 25.7 Å². The summed E-state index contributed by atoms with van der Waals surface area (Å²) in [6.07, 6.45) is 2.03. The number of nitrogen functional groups attached to an aromatic ring is 1. The van der Waals surface area contributed by atoms with Crippen LogP contribution in [0.2, 0.25) is 0 Å². The Morgan fingerprint density at radius 2 is 1.85 bits per heavy atom. The summed E-state index contributed by atoms with van der Waals surface area (Å²) in [6, 6.07) is 19.3. The van der Waals surface area contributed by atoms with Crippen LogP contribution in [0.4, 0.5) is 11.8 Å². The molecule has 8 heteroatoms. The molecule has 176 valence electrons. The van der Waals surface area contributed by atoms with Crippen molar-refractivity contribution in [1.82, 2.24) is 24.8 Å². The molecular formula is C26H31N7O. The Morgan fingerprint density at radius 1 is 1.03 bits per heavy atom. The molecule has 0 radical (unpaired) electrons. The van der Waals surface area contributed by atoms with Gasteiger partial charge in [-0.05, 0) is 30.3 Å². The fourth-order valence-electron chi connectivity index (χ4n) is 4.50. The molecule has 0 bridgehead atoms. The molecule has 4 N–H and O–H groups in total. The van der Waals surface area contributed by atoms with Gasteiger partial charge in [0, 0.05) is 44.0 Å². The lowest BCUT2D eigenvalue weighted by Gasteiger charge is -2.39. The molecule has 3 heterocycles. The number of hydrogen-bond acceptors (Lipinski definition) is 7. The van der Waals surface area contributed by atoms with Crippen molar-refractivity contribution in [3.05, 3.63) is 77.5 Å². The van der Waals surface area contributed by atoms with Crippen LogP contribution in [0.25, 0.3) is 11.0 Å². The Kier molecular flexibility index (Phi) is 6.33. The van der Waals surface area contributed by atoms with Crippen LogP contribution in [0.5, 0.6) is 5.75 Å². The third-order valence-corrected chi connectivity index (χ3v) is 6.39. The normalized spacial score (nSPS) is 14.3. The Balaban J connectivity index is 1.38. The molecule has 1 saturated heterocycles. The minimum atomic E-state index is 0.259. The third-order valence-electron chi connectivity index (χ3n) is 6.39. The summed E-state index contributed by atoms with van der Waals surface area (Å²) in [5.74, 6) is 1.87. The molecule has 2 aromatic carbocycles. The SMILES string of the molecule is CNC1CN(Cc2ccc(Cn3ccc4nc(N)nc(NCc5ccccc5)c43)c(OC)c2)C1. The maximum Gasteiger partial charge on any atom is 0.222 e. The van der Waals surface area contributed by atoms with Gasteiger partial charge in [0.15, 0.2) is 5.82 Å². The van der Waals surface area contributed by atoms with Crippen LogP contribution in [0.15, 0.2) is 60.8 Å².